The van der Waals surface area contributed by atoms with Crippen LogP contribution in [0.25, 0.3) is 0 Å². The Morgan fingerprint density at radius 2 is 1.97 bits per heavy atom. The van der Waals surface area contributed by atoms with Crippen LogP contribution in [0.2, 0.25) is 0 Å². The summed E-state index contributed by atoms with van der Waals surface area (Å²) in [4.78, 5) is 14.4. The van der Waals surface area contributed by atoms with Crippen LogP contribution in [0.15, 0.2) is 54.6 Å². The van der Waals surface area contributed by atoms with Crippen LogP contribution in [0.4, 0.5) is 14.9 Å². The number of piperidine rings is 1. The molecule has 6 nitrogen and oxygen atoms in total. The van der Waals surface area contributed by atoms with Gasteiger partial charge in [-0.1, -0.05) is 24.3 Å². The van der Waals surface area contributed by atoms with Gasteiger partial charge in [0.25, 0.3) is 0 Å². The zero-order valence-corrected chi connectivity index (χ0v) is 17.2. The number of anilines is 1. The molecule has 162 valence electrons. The molecule has 0 aromatic heterocycles. The second-order valence-corrected chi connectivity index (χ2v) is 7.43. The van der Waals surface area contributed by atoms with E-state index in [1.807, 2.05) is 30.3 Å². The Kier molecular flexibility index (Phi) is 8.93. The lowest BCUT2D eigenvalue weighted by Crippen LogP contribution is -2.43. The van der Waals surface area contributed by atoms with Crippen molar-refractivity contribution in [1.29, 1.82) is 0 Å². The molecule has 30 heavy (non-hydrogen) atoms. The predicted molar refractivity (Wildman–Crippen MR) is 115 cm³/mol. The SMILES string of the molecule is O=C(NCC1CCCN(CCOCCOc2ccccc2)C1)Nc1cccc(F)c1. The minimum Gasteiger partial charge on any atom is -0.491 e. The second kappa shape index (κ2) is 12.1. The normalized spacial score (nSPS) is 16.8. The molecule has 1 aliphatic heterocycles. The zero-order valence-electron chi connectivity index (χ0n) is 17.2. The molecule has 2 aromatic carbocycles. The number of halogens is 1. The molecular formula is C23H30FN3O3. The monoisotopic (exact) mass is 415 g/mol. The lowest BCUT2D eigenvalue weighted by molar-refractivity contribution is 0.0675. The number of likely N-dealkylation sites (tertiary alicyclic amines) is 1. The Balaban J connectivity index is 1.26. The number of hydrogen-bond acceptors (Lipinski definition) is 4. The van der Waals surface area contributed by atoms with Gasteiger partial charge in [-0.15, -0.1) is 0 Å². The summed E-state index contributed by atoms with van der Waals surface area (Å²) in [5, 5.41) is 5.56. The maximum atomic E-state index is 13.2. The molecule has 1 atom stereocenters. The number of carbonyl (C=O) groups is 1. The molecule has 0 saturated carbocycles. The number of amides is 2. The summed E-state index contributed by atoms with van der Waals surface area (Å²) in [6.07, 6.45) is 2.19. The van der Waals surface area contributed by atoms with Crippen molar-refractivity contribution in [2.45, 2.75) is 12.8 Å². The van der Waals surface area contributed by atoms with E-state index in [0.29, 0.717) is 38.0 Å². The number of hydrogen-bond donors (Lipinski definition) is 2. The summed E-state index contributed by atoms with van der Waals surface area (Å²) >= 11 is 0. The molecule has 2 aromatic rings. The van der Waals surface area contributed by atoms with Crippen LogP contribution in [-0.4, -0.2) is 56.9 Å². The minimum atomic E-state index is -0.371. The molecule has 1 unspecified atom stereocenters. The smallest absolute Gasteiger partial charge is 0.319 e. The number of benzene rings is 2. The molecule has 1 fully saturated rings. The fourth-order valence-corrected chi connectivity index (χ4v) is 3.53. The highest BCUT2D eigenvalue weighted by molar-refractivity contribution is 5.89. The highest BCUT2D eigenvalue weighted by Gasteiger charge is 2.20. The number of ether oxygens (including phenoxy) is 2. The Bertz CT molecular complexity index is 775. The van der Waals surface area contributed by atoms with Gasteiger partial charge in [-0.25, -0.2) is 9.18 Å². The molecule has 1 heterocycles. The summed E-state index contributed by atoms with van der Waals surface area (Å²) in [5.41, 5.74) is 0.450. The molecule has 0 bridgehead atoms. The van der Waals surface area contributed by atoms with Crippen LogP contribution in [0.5, 0.6) is 5.75 Å². The Hall–Kier alpha value is -2.64. The summed E-state index contributed by atoms with van der Waals surface area (Å²) in [6, 6.07) is 15.3. The first kappa shape index (κ1) is 22.1. The Morgan fingerprint density at radius 1 is 1.10 bits per heavy atom. The Morgan fingerprint density at radius 3 is 2.80 bits per heavy atom. The summed E-state index contributed by atoms with van der Waals surface area (Å²) in [7, 11) is 0. The predicted octanol–water partition coefficient (Wildman–Crippen LogP) is 3.75. The van der Waals surface area contributed by atoms with Crippen molar-refractivity contribution in [1.82, 2.24) is 10.2 Å². The van der Waals surface area contributed by atoms with Crippen LogP contribution in [0, 0.1) is 11.7 Å². The lowest BCUT2D eigenvalue weighted by Gasteiger charge is -2.32. The van der Waals surface area contributed by atoms with E-state index in [-0.39, 0.29) is 11.8 Å². The third-order valence-electron chi connectivity index (χ3n) is 5.03. The molecular weight excluding hydrogens is 385 g/mol. The first-order valence-electron chi connectivity index (χ1n) is 10.5. The third-order valence-corrected chi connectivity index (χ3v) is 5.03. The summed E-state index contributed by atoms with van der Waals surface area (Å²) in [5.74, 6) is 0.886. The van der Waals surface area contributed by atoms with E-state index in [2.05, 4.69) is 15.5 Å². The molecule has 2 N–H and O–H groups in total. The zero-order chi connectivity index (χ0) is 21.0. The van der Waals surface area contributed by atoms with E-state index in [1.165, 1.54) is 12.1 Å². The van der Waals surface area contributed by atoms with Gasteiger partial charge in [-0.05, 0) is 55.6 Å². The van der Waals surface area contributed by atoms with Gasteiger partial charge in [0.1, 0.15) is 18.2 Å². The second-order valence-electron chi connectivity index (χ2n) is 7.43. The number of rotatable bonds is 10. The van der Waals surface area contributed by atoms with Crippen molar-refractivity contribution in [3.8, 4) is 5.75 Å². The first-order valence-corrected chi connectivity index (χ1v) is 10.5. The van der Waals surface area contributed by atoms with Gasteiger partial charge in [0, 0.05) is 25.3 Å². The van der Waals surface area contributed by atoms with E-state index >= 15 is 0 Å². The molecule has 1 aliphatic rings. The van der Waals surface area contributed by atoms with Gasteiger partial charge in [-0.3, -0.25) is 0 Å². The summed E-state index contributed by atoms with van der Waals surface area (Å²) < 4.78 is 24.5. The fourth-order valence-electron chi connectivity index (χ4n) is 3.53. The number of urea groups is 1. The van der Waals surface area contributed by atoms with Gasteiger partial charge in [0.05, 0.1) is 13.2 Å². The van der Waals surface area contributed by atoms with Crippen molar-refractivity contribution >= 4 is 11.7 Å². The lowest BCUT2D eigenvalue weighted by atomic mass is 9.98. The average Bonchev–Trinajstić information content (AvgIpc) is 2.76. The van der Waals surface area contributed by atoms with E-state index in [4.69, 9.17) is 9.47 Å². The number of nitrogens with zero attached hydrogens (tertiary/aromatic N) is 1. The van der Waals surface area contributed by atoms with Gasteiger partial charge >= 0.3 is 6.03 Å². The van der Waals surface area contributed by atoms with Gasteiger partial charge < -0.3 is 25.0 Å². The van der Waals surface area contributed by atoms with E-state index < -0.39 is 0 Å². The number of nitrogens with one attached hydrogen (secondary N) is 2. The van der Waals surface area contributed by atoms with Crippen LogP contribution < -0.4 is 15.4 Å². The topological polar surface area (TPSA) is 62.8 Å². The maximum absolute atomic E-state index is 13.2. The molecule has 2 amide bonds. The molecule has 7 heteroatoms. The molecule has 0 spiro atoms. The van der Waals surface area contributed by atoms with Crippen molar-refractivity contribution in [3.63, 3.8) is 0 Å². The largest absolute Gasteiger partial charge is 0.491 e. The van der Waals surface area contributed by atoms with Crippen LogP contribution >= 0.6 is 0 Å². The van der Waals surface area contributed by atoms with Crippen LogP contribution in [0.3, 0.4) is 0 Å². The average molecular weight is 416 g/mol. The van der Waals surface area contributed by atoms with Crippen molar-refractivity contribution in [2.75, 3.05) is 51.3 Å². The fraction of sp³-hybridized carbons (Fsp3) is 0.435. The van der Waals surface area contributed by atoms with Crippen molar-refractivity contribution in [3.05, 3.63) is 60.4 Å². The van der Waals surface area contributed by atoms with Crippen molar-refractivity contribution < 1.29 is 18.7 Å². The van der Waals surface area contributed by atoms with Crippen LogP contribution in [-0.2, 0) is 4.74 Å². The van der Waals surface area contributed by atoms with Gasteiger partial charge in [0.2, 0.25) is 0 Å². The number of para-hydroxylation sites is 1. The highest BCUT2D eigenvalue weighted by atomic mass is 19.1. The first-order chi connectivity index (χ1) is 14.7. The Labute approximate surface area is 177 Å². The van der Waals surface area contributed by atoms with E-state index in [1.54, 1.807) is 12.1 Å². The quantitative estimate of drug-likeness (QED) is 0.580. The standard InChI is InChI=1S/C23H30FN3O3/c24-20-7-4-8-21(16-20)26-23(28)25-17-19-6-5-11-27(18-19)12-13-29-14-15-30-22-9-2-1-3-10-22/h1-4,7-10,16,19H,5-6,11-15,17-18H2,(H2,25,26,28). The van der Waals surface area contributed by atoms with Gasteiger partial charge in [0.15, 0.2) is 0 Å². The maximum Gasteiger partial charge on any atom is 0.319 e. The van der Waals surface area contributed by atoms with Gasteiger partial charge in [-0.2, -0.15) is 0 Å². The molecule has 1 saturated heterocycles. The van der Waals surface area contributed by atoms with E-state index in [9.17, 15) is 9.18 Å². The van der Waals surface area contributed by atoms with Crippen LogP contribution in [0.1, 0.15) is 12.8 Å². The molecule has 0 radical (unpaired) electrons. The molecule has 0 aliphatic carbocycles. The third kappa shape index (κ3) is 8.00. The molecule has 3 rings (SSSR count). The van der Waals surface area contributed by atoms with E-state index in [0.717, 1.165) is 38.2 Å². The minimum absolute atomic E-state index is 0.306. The number of carbonyl (C=O) groups excluding carboxylic acids is 1. The van der Waals surface area contributed by atoms with Crippen molar-refractivity contribution in [2.24, 2.45) is 5.92 Å². The highest BCUT2D eigenvalue weighted by Crippen LogP contribution is 2.16. The summed E-state index contributed by atoms with van der Waals surface area (Å²) in [6.45, 7) is 5.23.